The largest absolute Gasteiger partial charge is 0.368 e. The lowest BCUT2D eigenvalue weighted by molar-refractivity contribution is 0.246. The molecule has 154 valence electrons. The average Bonchev–Trinajstić information content (AvgIpc) is 2.75. The van der Waals surface area contributed by atoms with E-state index >= 15 is 0 Å². The van der Waals surface area contributed by atoms with Crippen LogP contribution >= 0.6 is 0 Å². The molecule has 0 unspecified atom stereocenters. The van der Waals surface area contributed by atoms with Crippen LogP contribution in [0.2, 0.25) is 0 Å². The molecule has 0 aliphatic heterocycles. The third-order valence-corrected chi connectivity index (χ3v) is 4.08. The van der Waals surface area contributed by atoms with Gasteiger partial charge in [0.2, 0.25) is 11.9 Å². The molecule has 2 amide bonds. The number of nitrogens with one attached hydrogen (secondary N) is 3. The number of amides is 2. The van der Waals surface area contributed by atoms with E-state index in [1.54, 1.807) is 37.5 Å². The number of nitrogens with zero attached hydrogens (tertiary/aromatic N) is 4. The fourth-order valence-electron chi connectivity index (χ4n) is 2.68. The lowest BCUT2D eigenvalue weighted by Gasteiger charge is -2.16. The first-order valence-electron chi connectivity index (χ1n) is 9.13. The molecule has 3 rings (SSSR count). The second-order valence-corrected chi connectivity index (χ2v) is 6.11. The molecular formula is C20H21FN8O. The summed E-state index contributed by atoms with van der Waals surface area (Å²) in [7, 11) is 1.52. The number of urea groups is 1. The zero-order chi connectivity index (χ0) is 21.5. The molecule has 0 aliphatic rings. The fourth-order valence-corrected chi connectivity index (χ4v) is 2.68. The molecule has 0 atom stereocenters. The predicted octanol–water partition coefficient (Wildman–Crippen LogP) is 2.64. The number of aromatic nitrogens is 3. The summed E-state index contributed by atoms with van der Waals surface area (Å²) in [6, 6.07) is 7.72. The topological polar surface area (TPSA) is 130 Å². The van der Waals surface area contributed by atoms with Crippen molar-refractivity contribution in [3.05, 3.63) is 54.7 Å². The van der Waals surface area contributed by atoms with Crippen LogP contribution in [0.5, 0.6) is 0 Å². The van der Waals surface area contributed by atoms with Crippen molar-refractivity contribution >= 4 is 23.6 Å². The molecular weight excluding hydrogens is 387 g/mol. The van der Waals surface area contributed by atoms with E-state index in [0.29, 0.717) is 23.4 Å². The molecule has 9 nitrogen and oxygen atoms in total. The zero-order valence-electron chi connectivity index (χ0n) is 16.5. The van der Waals surface area contributed by atoms with Gasteiger partial charge in [0.15, 0.2) is 0 Å². The van der Waals surface area contributed by atoms with E-state index in [2.05, 4.69) is 35.9 Å². The highest BCUT2D eigenvalue weighted by Gasteiger charge is 2.15. The number of carbonyl (C=O) groups excluding carboxylic acids is 1. The van der Waals surface area contributed by atoms with E-state index in [1.807, 2.05) is 0 Å². The SMILES string of the molecule is CCNC(=O)NC(=NC)Nc1ccc(-c2cnc(N)nc2)cc1-c1ncccc1F. The summed E-state index contributed by atoms with van der Waals surface area (Å²) >= 11 is 0. The van der Waals surface area contributed by atoms with E-state index in [9.17, 15) is 9.18 Å². The molecule has 1 aromatic carbocycles. The Kier molecular flexibility index (Phi) is 6.48. The van der Waals surface area contributed by atoms with Gasteiger partial charge in [0.1, 0.15) is 11.5 Å². The highest BCUT2D eigenvalue weighted by atomic mass is 19.1. The van der Waals surface area contributed by atoms with E-state index in [-0.39, 0.29) is 17.6 Å². The molecule has 0 saturated heterocycles. The number of guanidine groups is 1. The van der Waals surface area contributed by atoms with Gasteiger partial charge in [-0.15, -0.1) is 0 Å². The van der Waals surface area contributed by atoms with Gasteiger partial charge in [-0.2, -0.15) is 0 Å². The number of rotatable bonds is 4. The standard InChI is InChI=1S/C20H21FN8O/c1-3-24-20(30)29-19(23-2)28-16-7-6-12(13-10-26-18(22)27-11-13)9-14(16)17-15(21)5-4-8-25-17/h4-11H,3H2,1-2H3,(H2,22,26,27)(H3,23,24,28,29,30). The Labute approximate surface area is 172 Å². The lowest BCUT2D eigenvalue weighted by Crippen LogP contribution is -2.42. The van der Waals surface area contributed by atoms with Crippen LogP contribution in [0.1, 0.15) is 6.92 Å². The molecule has 0 spiro atoms. The van der Waals surface area contributed by atoms with Crippen molar-refractivity contribution in [3.8, 4) is 22.4 Å². The molecule has 5 N–H and O–H groups in total. The van der Waals surface area contributed by atoms with E-state index in [1.165, 1.54) is 25.4 Å². The Hall–Kier alpha value is -4.08. The number of halogens is 1. The Morgan fingerprint density at radius 2 is 1.93 bits per heavy atom. The second kappa shape index (κ2) is 9.41. The van der Waals surface area contributed by atoms with Crippen LogP contribution in [0, 0.1) is 5.82 Å². The number of hydrogen-bond acceptors (Lipinski definition) is 6. The van der Waals surface area contributed by atoms with Crippen molar-refractivity contribution < 1.29 is 9.18 Å². The number of aliphatic imine (C=N–C) groups is 1. The molecule has 2 aromatic heterocycles. The summed E-state index contributed by atoms with van der Waals surface area (Å²) in [6.45, 7) is 2.27. The van der Waals surface area contributed by atoms with Crippen LogP contribution in [0.25, 0.3) is 22.4 Å². The Balaban J connectivity index is 2.03. The van der Waals surface area contributed by atoms with Crippen LogP contribution in [0.4, 0.5) is 20.8 Å². The molecule has 30 heavy (non-hydrogen) atoms. The summed E-state index contributed by atoms with van der Waals surface area (Å²) in [5, 5.41) is 8.24. The number of anilines is 2. The number of pyridine rings is 1. The zero-order valence-corrected chi connectivity index (χ0v) is 16.5. The average molecular weight is 408 g/mol. The van der Waals surface area contributed by atoms with Crippen molar-refractivity contribution in [2.24, 2.45) is 4.99 Å². The third kappa shape index (κ3) is 4.85. The number of nitrogens with two attached hydrogens (primary N) is 1. The van der Waals surface area contributed by atoms with Gasteiger partial charge >= 0.3 is 6.03 Å². The minimum atomic E-state index is -0.488. The Bertz CT molecular complexity index is 1070. The van der Waals surface area contributed by atoms with E-state index < -0.39 is 11.8 Å². The summed E-state index contributed by atoms with van der Waals surface area (Å²) in [6.07, 6.45) is 4.67. The number of nitrogen functional groups attached to an aromatic ring is 1. The summed E-state index contributed by atoms with van der Waals surface area (Å²) in [5.41, 5.74) is 8.13. The van der Waals surface area contributed by atoms with Gasteiger partial charge in [0, 0.05) is 43.3 Å². The van der Waals surface area contributed by atoms with Gasteiger partial charge in [-0.25, -0.2) is 19.2 Å². The fraction of sp³-hybridized carbons (Fsp3) is 0.150. The third-order valence-electron chi connectivity index (χ3n) is 4.08. The van der Waals surface area contributed by atoms with Crippen LogP contribution in [0.3, 0.4) is 0 Å². The predicted molar refractivity (Wildman–Crippen MR) is 114 cm³/mol. The summed E-state index contributed by atoms with van der Waals surface area (Å²) in [4.78, 5) is 28.0. The van der Waals surface area contributed by atoms with Crippen molar-refractivity contribution in [1.29, 1.82) is 0 Å². The van der Waals surface area contributed by atoms with Gasteiger partial charge in [-0.3, -0.25) is 15.3 Å². The first kappa shape index (κ1) is 20.6. The first-order chi connectivity index (χ1) is 14.5. The van der Waals surface area contributed by atoms with Gasteiger partial charge in [0.25, 0.3) is 0 Å². The maximum absolute atomic E-state index is 14.5. The molecule has 0 fully saturated rings. The number of benzene rings is 1. The van der Waals surface area contributed by atoms with Gasteiger partial charge < -0.3 is 16.4 Å². The lowest BCUT2D eigenvalue weighted by atomic mass is 10.0. The van der Waals surface area contributed by atoms with Crippen LogP contribution in [-0.2, 0) is 0 Å². The minimum Gasteiger partial charge on any atom is -0.368 e. The molecule has 0 bridgehead atoms. The molecule has 10 heteroatoms. The van der Waals surface area contributed by atoms with E-state index in [0.717, 1.165) is 5.56 Å². The van der Waals surface area contributed by atoms with Gasteiger partial charge in [-0.05, 0) is 36.8 Å². The monoisotopic (exact) mass is 408 g/mol. The van der Waals surface area contributed by atoms with Crippen LogP contribution in [-0.4, -0.2) is 40.5 Å². The molecule has 0 saturated carbocycles. The van der Waals surface area contributed by atoms with Crippen molar-refractivity contribution in [2.75, 3.05) is 24.6 Å². The summed E-state index contributed by atoms with van der Waals surface area (Å²) in [5.74, 6) is -0.131. The quantitative estimate of drug-likeness (QED) is 0.388. The van der Waals surface area contributed by atoms with Crippen LogP contribution in [0.15, 0.2) is 53.9 Å². The maximum Gasteiger partial charge on any atom is 0.321 e. The van der Waals surface area contributed by atoms with Gasteiger partial charge in [-0.1, -0.05) is 6.07 Å². The van der Waals surface area contributed by atoms with Crippen LogP contribution < -0.4 is 21.7 Å². The number of hydrogen-bond donors (Lipinski definition) is 4. The second-order valence-electron chi connectivity index (χ2n) is 6.11. The number of carbonyl (C=O) groups is 1. The van der Waals surface area contributed by atoms with Crippen molar-refractivity contribution in [1.82, 2.24) is 25.6 Å². The Morgan fingerprint density at radius 3 is 2.60 bits per heavy atom. The normalized spacial score (nSPS) is 11.1. The maximum atomic E-state index is 14.5. The molecule has 0 radical (unpaired) electrons. The summed E-state index contributed by atoms with van der Waals surface area (Å²) < 4.78 is 14.5. The smallest absolute Gasteiger partial charge is 0.321 e. The van der Waals surface area contributed by atoms with Gasteiger partial charge in [0.05, 0.1) is 5.69 Å². The highest BCUT2D eigenvalue weighted by Crippen LogP contribution is 2.33. The highest BCUT2D eigenvalue weighted by molar-refractivity contribution is 6.05. The molecule has 0 aliphatic carbocycles. The minimum absolute atomic E-state index is 0.145. The molecule has 2 heterocycles. The first-order valence-corrected chi connectivity index (χ1v) is 9.13. The van der Waals surface area contributed by atoms with Crippen molar-refractivity contribution in [3.63, 3.8) is 0 Å². The molecule has 3 aromatic rings. The van der Waals surface area contributed by atoms with E-state index in [4.69, 9.17) is 5.73 Å². The van der Waals surface area contributed by atoms with Crippen molar-refractivity contribution in [2.45, 2.75) is 6.92 Å². The Morgan fingerprint density at radius 1 is 1.17 bits per heavy atom.